The van der Waals surface area contributed by atoms with Crippen LogP contribution in [0.15, 0.2) is 66.8 Å². The summed E-state index contributed by atoms with van der Waals surface area (Å²) in [6, 6.07) is 2.25. The molecule has 1 aliphatic rings. The lowest BCUT2D eigenvalue weighted by Gasteiger charge is -2.23. The third-order valence-electron chi connectivity index (χ3n) is 5.62. The molecule has 1 aromatic heterocycles. The first-order valence-electron chi connectivity index (χ1n) is 11.9. The van der Waals surface area contributed by atoms with Crippen LogP contribution in [-0.4, -0.2) is 54.0 Å². The van der Waals surface area contributed by atoms with Crippen molar-refractivity contribution in [1.29, 1.82) is 16.2 Å². The molecule has 1 aliphatic heterocycles. The van der Waals surface area contributed by atoms with Crippen molar-refractivity contribution in [2.24, 2.45) is 0 Å². The number of nitrogens with one attached hydrogen (secondary N) is 6. The second-order valence-electron chi connectivity index (χ2n) is 8.30. The molecule has 0 saturated carbocycles. The van der Waals surface area contributed by atoms with Crippen LogP contribution in [0.2, 0.25) is 0 Å². The molecule has 2 rings (SSSR count). The largest absolute Gasteiger partial charge is 0.433 e. The highest BCUT2D eigenvalue weighted by Gasteiger charge is 2.12. The summed E-state index contributed by atoms with van der Waals surface area (Å²) in [5, 5.41) is 42.6. The summed E-state index contributed by atoms with van der Waals surface area (Å²) < 4.78 is 4.72. The summed E-state index contributed by atoms with van der Waals surface area (Å²) in [6.45, 7) is 7.61. The summed E-state index contributed by atoms with van der Waals surface area (Å²) in [5.41, 5.74) is 4.05. The third kappa shape index (κ3) is 10.2. The Bertz CT molecular complexity index is 1020. The van der Waals surface area contributed by atoms with Gasteiger partial charge in [0.05, 0.1) is 0 Å². The van der Waals surface area contributed by atoms with E-state index in [2.05, 4.69) is 27.5 Å². The van der Waals surface area contributed by atoms with Crippen molar-refractivity contribution in [1.82, 2.24) is 20.9 Å². The van der Waals surface area contributed by atoms with Crippen molar-refractivity contribution in [2.75, 3.05) is 13.1 Å². The molecular weight excluding hydrogens is 454 g/mol. The summed E-state index contributed by atoms with van der Waals surface area (Å²) >= 11 is 0. The standard InChI is InChI=1S/C27H37N7O2/c1-3-21(6-8-26(30)36-19-29)5-4-20(2)34-27(35)9-7-22-17-32-15-12-25(22)23(16-28)18-33-24-10-13-31-14-11-24/h3-5,7,9,12,15-19,24,27-31,33-35H,1,6,8,10-11,13-14H2,2H3/b9-7+,20-4+,21-5+,23-18+,28-16?,29-19?,30-26?. The molecule has 0 aliphatic carbocycles. The second-order valence-corrected chi connectivity index (χ2v) is 8.30. The van der Waals surface area contributed by atoms with E-state index in [-0.39, 0.29) is 5.90 Å². The van der Waals surface area contributed by atoms with Crippen LogP contribution in [0.3, 0.4) is 0 Å². The Balaban J connectivity index is 2.01. The van der Waals surface area contributed by atoms with Crippen LogP contribution in [0.1, 0.15) is 43.7 Å². The van der Waals surface area contributed by atoms with Gasteiger partial charge in [0.2, 0.25) is 0 Å². The molecule has 1 aromatic rings. The molecule has 0 radical (unpaired) electrons. The van der Waals surface area contributed by atoms with Crippen LogP contribution < -0.4 is 16.0 Å². The van der Waals surface area contributed by atoms with Gasteiger partial charge in [0.15, 0.2) is 12.3 Å². The SMILES string of the molecule is C=C/C(=C\C=C(/C)NC(O)/C=C/c1cnccc1/C(C=N)=C/NC1CCNCC1)CCC(=N)OC=N. The lowest BCUT2D eigenvalue weighted by atomic mass is 10.0. The van der Waals surface area contributed by atoms with E-state index >= 15 is 0 Å². The molecule has 0 spiro atoms. The lowest BCUT2D eigenvalue weighted by molar-refractivity contribution is 0.198. The first-order chi connectivity index (χ1) is 17.5. The van der Waals surface area contributed by atoms with Gasteiger partial charge in [-0.1, -0.05) is 24.8 Å². The van der Waals surface area contributed by atoms with Crippen molar-refractivity contribution >= 4 is 30.2 Å². The molecule has 1 saturated heterocycles. The average Bonchev–Trinajstić information content (AvgIpc) is 2.89. The Morgan fingerprint density at radius 1 is 1.31 bits per heavy atom. The molecule has 7 N–H and O–H groups in total. The van der Waals surface area contributed by atoms with Gasteiger partial charge in [-0.2, -0.15) is 0 Å². The van der Waals surface area contributed by atoms with Crippen LogP contribution in [0.4, 0.5) is 0 Å². The van der Waals surface area contributed by atoms with E-state index in [1.54, 1.807) is 30.6 Å². The van der Waals surface area contributed by atoms with Gasteiger partial charge in [-0.25, -0.2) is 0 Å². The van der Waals surface area contributed by atoms with E-state index in [4.69, 9.17) is 21.0 Å². The molecule has 9 nitrogen and oxygen atoms in total. The Morgan fingerprint density at radius 2 is 2.08 bits per heavy atom. The summed E-state index contributed by atoms with van der Waals surface area (Å²) in [7, 11) is 0. The summed E-state index contributed by atoms with van der Waals surface area (Å²) in [4.78, 5) is 4.20. The smallest absolute Gasteiger partial charge is 0.189 e. The molecule has 2 heterocycles. The zero-order valence-electron chi connectivity index (χ0n) is 20.8. The van der Waals surface area contributed by atoms with Gasteiger partial charge in [-0.3, -0.25) is 15.8 Å². The Labute approximate surface area is 213 Å². The highest BCUT2D eigenvalue weighted by atomic mass is 16.5. The number of aliphatic hydroxyl groups excluding tert-OH is 1. The zero-order chi connectivity index (χ0) is 26.2. The first-order valence-corrected chi connectivity index (χ1v) is 11.9. The average molecular weight is 492 g/mol. The Hall–Kier alpha value is -3.82. The van der Waals surface area contributed by atoms with Crippen molar-refractivity contribution in [3.05, 3.63) is 77.9 Å². The molecule has 9 heteroatoms. The van der Waals surface area contributed by atoms with E-state index in [9.17, 15) is 5.11 Å². The Kier molecular flexibility index (Phi) is 12.6. The van der Waals surface area contributed by atoms with E-state index in [0.717, 1.165) is 60.3 Å². The molecule has 192 valence electrons. The van der Waals surface area contributed by atoms with Crippen LogP contribution in [0, 0.1) is 16.2 Å². The van der Waals surface area contributed by atoms with Gasteiger partial charge in [-0.05, 0) is 68.6 Å². The van der Waals surface area contributed by atoms with Gasteiger partial charge in [0.25, 0.3) is 0 Å². The van der Waals surface area contributed by atoms with Gasteiger partial charge in [-0.15, -0.1) is 0 Å². The number of ether oxygens (including phenoxy) is 1. The first kappa shape index (κ1) is 28.4. The number of piperidine rings is 1. The molecule has 0 amide bonds. The van der Waals surface area contributed by atoms with Gasteiger partial charge in [0.1, 0.15) is 6.23 Å². The molecule has 1 unspecified atom stereocenters. The highest BCUT2D eigenvalue weighted by molar-refractivity contribution is 6.09. The zero-order valence-corrected chi connectivity index (χ0v) is 20.8. The number of pyridine rings is 1. The topological polar surface area (TPSA) is 150 Å². The van der Waals surface area contributed by atoms with Gasteiger partial charge < -0.3 is 31.2 Å². The predicted molar refractivity (Wildman–Crippen MR) is 147 cm³/mol. The van der Waals surface area contributed by atoms with E-state index in [0.29, 0.717) is 18.9 Å². The fraction of sp³-hybridized carbons (Fsp3) is 0.333. The van der Waals surface area contributed by atoms with Crippen molar-refractivity contribution in [3.8, 4) is 0 Å². The molecule has 1 fully saturated rings. The molecule has 0 aromatic carbocycles. The number of hydrogen-bond acceptors (Lipinski definition) is 9. The third-order valence-corrected chi connectivity index (χ3v) is 5.62. The minimum absolute atomic E-state index is 0.0231. The number of aromatic nitrogens is 1. The summed E-state index contributed by atoms with van der Waals surface area (Å²) in [6.07, 6.45) is 18.3. The monoisotopic (exact) mass is 491 g/mol. The van der Waals surface area contributed by atoms with E-state index in [1.165, 1.54) is 6.21 Å². The minimum Gasteiger partial charge on any atom is -0.433 e. The molecule has 1 atom stereocenters. The maximum absolute atomic E-state index is 10.5. The van der Waals surface area contributed by atoms with Crippen LogP contribution in [-0.2, 0) is 4.74 Å². The van der Waals surface area contributed by atoms with Crippen molar-refractivity contribution in [3.63, 3.8) is 0 Å². The van der Waals surface area contributed by atoms with E-state index < -0.39 is 6.23 Å². The molecule has 36 heavy (non-hydrogen) atoms. The van der Waals surface area contributed by atoms with Crippen molar-refractivity contribution < 1.29 is 9.84 Å². The van der Waals surface area contributed by atoms with Crippen molar-refractivity contribution in [2.45, 2.75) is 44.9 Å². The quantitative estimate of drug-likeness (QED) is 0.0912. The minimum atomic E-state index is -0.927. The number of aliphatic hydroxyl groups is 1. The van der Waals surface area contributed by atoms with Crippen LogP contribution >= 0.6 is 0 Å². The highest BCUT2D eigenvalue weighted by Crippen LogP contribution is 2.18. The maximum atomic E-state index is 10.5. The van der Waals surface area contributed by atoms with E-state index in [1.807, 2.05) is 31.3 Å². The molecule has 0 bridgehead atoms. The number of allylic oxidation sites excluding steroid dienone is 6. The Morgan fingerprint density at radius 3 is 2.78 bits per heavy atom. The fourth-order valence-electron chi connectivity index (χ4n) is 3.59. The maximum Gasteiger partial charge on any atom is 0.189 e. The molecular formula is C27H37N7O2. The number of hydrogen-bond donors (Lipinski definition) is 7. The lowest BCUT2D eigenvalue weighted by Crippen LogP contribution is -2.37. The number of nitrogens with zero attached hydrogens (tertiary/aromatic N) is 1. The number of rotatable bonds is 14. The van der Waals surface area contributed by atoms with Gasteiger partial charge >= 0.3 is 0 Å². The van der Waals surface area contributed by atoms with Gasteiger partial charge in [0, 0.05) is 54.1 Å². The second kappa shape index (κ2) is 16.0. The predicted octanol–water partition coefficient (Wildman–Crippen LogP) is 3.73. The summed E-state index contributed by atoms with van der Waals surface area (Å²) in [5.74, 6) is 0.0231. The fourth-order valence-corrected chi connectivity index (χ4v) is 3.59. The van der Waals surface area contributed by atoms with Crippen LogP contribution in [0.5, 0.6) is 0 Å². The normalized spacial score (nSPS) is 16.3. The van der Waals surface area contributed by atoms with Crippen LogP contribution in [0.25, 0.3) is 11.6 Å².